The highest BCUT2D eigenvalue weighted by atomic mass is 79.9. The number of amides is 1. The fourth-order valence-electron chi connectivity index (χ4n) is 1.38. The Bertz CT molecular complexity index is 470. The molecule has 0 aliphatic carbocycles. The Morgan fingerprint density at radius 3 is 2.71 bits per heavy atom. The summed E-state index contributed by atoms with van der Waals surface area (Å²) in [5.74, 6) is -2.04. The van der Waals surface area contributed by atoms with Gasteiger partial charge in [-0.3, -0.25) is 9.59 Å². The van der Waals surface area contributed by atoms with Crippen molar-refractivity contribution >= 4 is 33.3 Å². The van der Waals surface area contributed by atoms with Crippen LogP contribution in [0.5, 0.6) is 0 Å². The van der Waals surface area contributed by atoms with Crippen LogP contribution < -0.4 is 5.32 Å². The monoisotopic (exact) mass is 257 g/mol. The van der Waals surface area contributed by atoms with Crippen LogP contribution in [0.1, 0.15) is 15.9 Å². The minimum Gasteiger partial charge on any atom is -0.316 e. The van der Waals surface area contributed by atoms with Gasteiger partial charge in [-0.15, -0.1) is 0 Å². The fraction of sp³-hybridized carbons (Fsp3) is 0.111. The summed E-state index contributed by atoms with van der Waals surface area (Å²) in [4.78, 5) is 22.3. The van der Waals surface area contributed by atoms with Gasteiger partial charge in [-0.1, -0.05) is 0 Å². The average molecular weight is 258 g/mol. The van der Waals surface area contributed by atoms with E-state index in [0.717, 1.165) is 0 Å². The van der Waals surface area contributed by atoms with Gasteiger partial charge in [0.1, 0.15) is 5.82 Å². The number of halogens is 2. The summed E-state index contributed by atoms with van der Waals surface area (Å²) in [6.45, 7) is 1.56. The van der Waals surface area contributed by atoms with E-state index in [2.05, 4.69) is 21.2 Å². The maximum Gasteiger partial charge on any atom is 0.296 e. The van der Waals surface area contributed by atoms with E-state index in [1.165, 1.54) is 6.07 Å². The van der Waals surface area contributed by atoms with E-state index in [4.69, 9.17) is 0 Å². The number of nitrogens with one attached hydrogen (secondary N) is 1. The summed E-state index contributed by atoms with van der Waals surface area (Å²) < 4.78 is 13.9. The van der Waals surface area contributed by atoms with E-state index in [-0.39, 0.29) is 11.3 Å². The van der Waals surface area contributed by atoms with Crippen molar-refractivity contribution in [3.8, 4) is 0 Å². The maximum absolute atomic E-state index is 13.4. The number of anilines is 1. The predicted octanol–water partition coefficient (Wildman–Crippen LogP) is 2.03. The first-order valence-electron chi connectivity index (χ1n) is 3.86. The van der Waals surface area contributed by atoms with E-state index in [0.29, 0.717) is 10.0 Å². The second kappa shape index (κ2) is 2.88. The van der Waals surface area contributed by atoms with Gasteiger partial charge in [-0.2, -0.15) is 0 Å². The lowest BCUT2D eigenvalue weighted by atomic mass is 10.1. The molecule has 1 N–H and O–H groups in total. The molecule has 1 aromatic carbocycles. The van der Waals surface area contributed by atoms with Crippen LogP contribution in [0.3, 0.4) is 0 Å². The van der Waals surface area contributed by atoms with Gasteiger partial charge in [0.2, 0.25) is 0 Å². The highest BCUT2D eigenvalue weighted by Gasteiger charge is 2.33. The van der Waals surface area contributed by atoms with E-state index < -0.39 is 17.5 Å². The number of aryl methyl sites for hydroxylation is 1. The normalized spacial score (nSPS) is 14.2. The summed E-state index contributed by atoms with van der Waals surface area (Å²) in [6, 6.07) is 1.48. The lowest BCUT2D eigenvalue weighted by Gasteiger charge is -2.04. The van der Waals surface area contributed by atoms with Gasteiger partial charge in [-0.05, 0) is 34.5 Å². The Morgan fingerprint density at radius 2 is 2.07 bits per heavy atom. The molecule has 0 atom stereocenters. The highest BCUT2D eigenvalue weighted by Crippen LogP contribution is 2.34. The second-order valence-corrected chi connectivity index (χ2v) is 3.88. The molecule has 72 valence electrons. The van der Waals surface area contributed by atoms with Gasteiger partial charge in [0.05, 0.1) is 11.3 Å². The number of carbonyl (C=O) groups is 2. The van der Waals surface area contributed by atoms with Crippen LogP contribution in [0.15, 0.2) is 10.5 Å². The zero-order valence-corrected chi connectivity index (χ0v) is 8.74. The number of hydrogen-bond acceptors (Lipinski definition) is 2. The predicted molar refractivity (Wildman–Crippen MR) is 51.8 cm³/mol. The van der Waals surface area contributed by atoms with Crippen LogP contribution in [-0.4, -0.2) is 11.7 Å². The van der Waals surface area contributed by atoms with Crippen molar-refractivity contribution in [3.63, 3.8) is 0 Å². The van der Waals surface area contributed by atoms with Gasteiger partial charge in [-0.25, -0.2) is 4.39 Å². The first kappa shape index (κ1) is 9.33. The van der Waals surface area contributed by atoms with Gasteiger partial charge in [0, 0.05) is 4.47 Å². The molecule has 0 radical (unpaired) electrons. The molecule has 1 amide bonds. The molecule has 14 heavy (non-hydrogen) atoms. The molecule has 2 rings (SSSR count). The summed E-state index contributed by atoms with van der Waals surface area (Å²) in [6.07, 6.45) is 0. The number of hydrogen-bond donors (Lipinski definition) is 1. The molecule has 1 aliphatic heterocycles. The maximum atomic E-state index is 13.4. The molecule has 1 aliphatic rings. The third kappa shape index (κ3) is 1.09. The Balaban J connectivity index is 2.79. The van der Waals surface area contributed by atoms with Crippen LogP contribution in [0, 0.1) is 12.7 Å². The molecule has 1 aromatic rings. The first-order chi connectivity index (χ1) is 6.52. The molecule has 0 fully saturated rings. The second-order valence-electron chi connectivity index (χ2n) is 3.02. The van der Waals surface area contributed by atoms with E-state index >= 15 is 0 Å². The minimum atomic E-state index is -0.787. The van der Waals surface area contributed by atoms with Crippen molar-refractivity contribution in [1.82, 2.24) is 0 Å². The Kier molecular flexibility index (Phi) is 1.92. The molecule has 0 spiro atoms. The molecular formula is C9H5BrFNO2. The van der Waals surface area contributed by atoms with E-state index in [1.54, 1.807) is 6.92 Å². The smallest absolute Gasteiger partial charge is 0.296 e. The van der Waals surface area contributed by atoms with Crippen molar-refractivity contribution in [2.75, 3.05) is 5.32 Å². The minimum absolute atomic E-state index is 0.0214. The number of ketones is 1. The van der Waals surface area contributed by atoms with Crippen molar-refractivity contribution in [2.24, 2.45) is 0 Å². The summed E-state index contributed by atoms with van der Waals surface area (Å²) in [7, 11) is 0. The molecule has 3 nitrogen and oxygen atoms in total. The van der Waals surface area contributed by atoms with E-state index in [9.17, 15) is 14.0 Å². The Labute approximate surface area is 87.4 Å². The molecule has 0 aromatic heterocycles. The van der Waals surface area contributed by atoms with Crippen LogP contribution >= 0.6 is 15.9 Å². The summed E-state index contributed by atoms with van der Waals surface area (Å²) in [5.41, 5.74) is 0.440. The first-order valence-corrected chi connectivity index (χ1v) is 4.66. The summed E-state index contributed by atoms with van der Waals surface area (Å²) >= 11 is 3.12. The largest absolute Gasteiger partial charge is 0.316 e. The lowest BCUT2D eigenvalue weighted by molar-refractivity contribution is -0.112. The molecule has 0 saturated carbocycles. The van der Waals surface area contributed by atoms with Gasteiger partial charge in [0.25, 0.3) is 11.7 Å². The van der Waals surface area contributed by atoms with Crippen molar-refractivity contribution in [3.05, 3.63) is 27.5 Å². The van der Waals surface area contributed by atoms with E-state index in [1.807, 2.05) is 0 Å². The summed E-state index contributed by atoms with van der Waals surface area (Å²) in [5, 5.41) is 2.20. The zero-order valence-electron chi connectivity index (χ0n) is 7.15. The molecule has 0 saturated heterocycles. The molecule has 0 bridgehead atoms. The zero-order chi connectivity index (χ0) is 10.5. The molecule has 1 heterocycles. The van der Waals surface area contributed by atoms with Crippen molar-refractivity contribution in [2.45, 2.75) is 6.92 Å². The molecule has 0 unspecified atom stereocenters. The molecular weight excluding hydrogens is 253 g/mol. The van der Waals surface area contributed by atoms with Crippen LogP contribution in [0.2, 0.25) is 0 Å². The van der Waals surface area contributed by atoms with Crippen LogP contribution in [0.25, 0.3) is 0 Å². The van der Waals surface area contributed by atoms with Gasteiger partial charge >= 0.3 is 0 Å². The van der Waals surface area contributed by atoms with Gasteiger partial charge < -0.3 is 5.32 Å². The van der Waals surface area contributed by atoms with Gasteiger partial charge in [0.15, 0.2) is 0 Å². The SMILES string of the molecule is Cc1cc(Br)c2c(c1F)NC(=O)C2=O. The quantitative estimate of drug-likeness (QED) is 0.723. The average Bonchev–Trinajstić information content (AvgIpc) is 2.40. The number of rotatable bonds is 0. The van der Waals surface area contributed by atoms with Crippen molar-refractivity contribution < 1.29 is 14.0 Å². The van der Waals surface area contributed by atoms with Crippen LogP contribution in [-0.2, 0) is 4.79 Å². The van der Waals surface area contributed by atoms with Crippen molar-refractivity contribution in [1.29, 1.82) is 0 Å². The lowest BCUT2D eigenvalue weighted by Crippen LogP contribution is -2.12. The Hall–Kier alpha value is -1.23. The number of Topliss-reactive ketones (excluding diaryl/α,β-unsaturated/α-hetero) is 1. The number of benzene rings is 1. The topological polar surface area (TPSA) is 46.2 Å². The third-order valence-electron chi connectivity index (χ3n) is 2.07. The third-order valence-corrected chi connectivity index (χ3v) is 2.70. The standard InChI is InChI=1S/C9H5BrFNO2/c1-3-2-4(10)5-7(6(3)11)12-9(14)8(5)13/h2H,1H3,(H,12,13,14). The number of fused-ring (bicyclic) bond motifs is 1. The highest BCUT2D eigenvalue weighted by molar-refractivity contribution is 9.10. The van der Waals surface area contributed by atoms with Crippen LogP contribution in [0.4, 0.5) is 10.1 Å². The number of carbonyl (C=O) groups excluding carboxylic acids is 2. The molecule has 5 heteroatoms. The fourth-order valence-corrected chi connectivity index (χ4v) is 2.10. The Morgan fingerprint density at radius 1 is 1.43 bits per heavy atom.